The van der Waals surface area contributed by atoms with Crippen molar-refractivity contribution in [3.8, 4) is 23.6 Å². The maximum absolute atomic E-state index is 9.83. The van der Waals surface area contributed by atoms with Crippen molar-refractivity contribution in [2.45, 2.75) is 23.6 Å². The summed E-state index contributed by atoms with van der Waals surface area (Å²) in [7, 11) is 0. The molecule has 2 aromatic rings. The first-order chi connectivity index (χ1) is 15.1. The molecule has 0 saturated heterocycles. The maximum Gasteiger partial charge on any atom is 0.158 e. The summed E-state index contributed by atoms with van der Waals surface area (Å²) >= 11 is 7.93. The molecule has 0 amide bonds. The van der Waals surface area contributed by atoms with Crippen LogP contribution in [0.2, 0.25) is 5.02 Å². The van der Waals surface area contributed by atoms with Crippen LogP contribution in [-0.4, -0.2) is 39.6 Å². The van der Waals surface area contributed by atoms with E-state index < -0.39 is 0 Å². The zero-order chi connectivity index (χ0) is 22.6. The molecule has 0 saturated carbocycles. The van der Waals surface area contributed by atoms with Gasteiger partial charge in [0.1, 0.15) is 41.5 Å². The molecule has 7 nitrogen and oxygen atoms in total. The van der Waals surface area contributed by atoms with Crippen molar-refractivity contribution in [2.24, 2.45) is 0 Å². The van der Waals surface area contributed by atoms with Gasteiger partial charge in [-0.15, -0.1) is 0 Å². The molecule has 0 fully saturated rings. The number of nitrogens with two attached hydrogens (primary N) is 1. The fourth-order valence-electron chi connectivity index (χ4n) is 2.61. The van der Waals surface area contributed by atoms with Crippen LogP contribution in [0.15, 0.2) is 34.1 Å². The summed E-state index contributed by atoms with van der Waals surface area (Å²) in [4.78, 5) is 1.17. The molecule has 0 unspecified atom stereocenters. The van der Waals surface area contributed by atoms with Gasteiger partial charge in [-0.3, -0.25) is 0 Å². The summed E-state index contributed by atoms with van der Waals surface area (Å²) in [6.07, 6.45) is 0. The quantitative estimate of drug-likeness (QED) is 0.359. The minimum atomic E-state index is 0.0146. The Bertz CT molecular complexity index is 973. The molecule has 9 heteroatoms. The molecule has 0 bridgehead atoms. The van der Waals surface area contributed by atoms with Gasteiger partial charge in [-0.2, -0.15) is 10.5 Å². The molecular formula is C22H24ClN3O4S. The van der Waals surface area contributed by atoms with Crippen molar-refractivity contribution in [1.82, 2.24) is 0 Å². The number of ether oxygens (including phenoxy) is 4. The Morgan fingerprint density at radius 3 is 2.00 bits per heavy atom. The van der Waals surface area contributed by atoms with Crippen LogP contribution in [0.3, 0.4) is 0 Å². The highest BCUT2D eigenvalue weighted by molar-refractivity contribution is 7.99. The molecule has 2 rings (SSSR count). The van der Waals surface area contributed by atoms with E-state index in [0.717, 1.165) is 4.90 Å². The number of hydrogen-bond acceptors (Lipinski definition) is 8. The van der Waals surface area contributed by atoms with Gasteiger partial charge in [0, 0.05) is 23.8 Å². The molecule has 0 aliphatic carbocycles. The number of nitriles is 2. The van der Waals surface area contributed by atoms with Crippen LogP contribution in [0.4, 0.5) is 5.69 Å². The topological polar surface area (TPSA) is 111 Å². The van der Waals surface area contributed by atoms with Gasteiger partial charge in [-0.25, -0.2) is 0 Å². The van der Waals surface area contributed by atoms with E-state index in [1.807, 2.05) is 38.1 Å². The highest BCUT2D eigenvalue weighted by Gasteiger charge is 2.27. The van der Waals surface area contributed by atoms with Crippen molar-refractivity contribution in [3.63, 3.8) is 0 Å². The molecule has 0 heterocycles. The van der Waals surface area contributed by atoms with Gasteiger partial charge in [0.15, 0.2) is 11.5 Å². The lowest BCUT2D eigenvalue weighted by atomic mass is 10.1. The molecule has 2 N–H and O–H groups in total. The monoisotopic (exact) mass is 461 g/mol. The standard InChI is InChI=1S/C22H24ClN3O4S/c1-3-27-9-11-29-20-15(13-24)16(14-25)21(30-12-10-28-4-2)22(19(20)23)31-18-8-6-5-7-17(18)26/h5-8H,3-4,9-12,26H2,1-2H3. The summed E-state index contributed by atoms with van der Waals surface area (Å²) in [5.41, 5.74) is 6.71. The minimum Gasteiger partial charge on any atom is -0.488 e. The van der Waals surface area contributed by atoms with Gasteiger partial charge in [-0.05, 0) is 26.0 Å². The molecule has 0 spiro atoms. The number of nitrogens with zero attached hydrogens (tertiary/aromatic N) is 2. The van der Waals surface area contributed by atoms with Crippen molar-refractivity contribution in [2.75, 3.05) is 45.4 Å². The van der Waals surface area contributed by atoms with Crippen molar-refractivity contribution >= 4 is 29.1 Å². The summed E-state index contributed by atoms with van der Waals surface area (Å²) in [6, 6.07) is 11.3. The van der Waals surface area contributed by atoms with Gasteiger partial charge >= 0.3 is 0 Å². The zero-order valence-corrected chi connectivity index (χ0v) is 19.0. The van der Waals surface area contributed by atoms with E-state index >= 15 is 0 Å². The lowest BCUT2D eigenvalue weighted by Crippen LogP contribution is -2.11. The fourth-order valence-corrected chi connectivity index (χ4v) is 3.95. The van der Waals surface area contributed by atoms with Crippen LogP contribution in [0.1, 0.15) is 25.0 Å². The molecule has 0 aliphatic heterocycles. The minimum absolute atomic E-state index is 0.0146. The van der Waals surface area contributed by atoms with Crippen LogP contribution < -0.4 is 15.2 Å². The number of halogens is 1. The summed E-state index contributed by atoms with van der Waals surface area (Å²) in [5.74, 6) is 0.323. The average molecular weight is 462 g/mol. The van der Waals surface area contributed by atoms with Crippen molar-refractivity contribution in [3.05, 3.63) is 40.4 Å². The Labute approximate surface area is 191 Å². The highest BCUT2D eigenvalue weighted by atomic mass is 35.5. The van der Waals surface area contributed by atoms with Crippen LogP contribution in [0, 0.1) is 22.7 Å². The number of hydrogen-bond donors (Lipinski definition) is 1. The number of anilines is 1. The predicted molar refractivity (Wildman–Crippen MR) is 120 cm³/mol. The second-order valence-corrected chi connectivity index (χ2v) is 7.44. The number of para-hydroxylation sites is 1. The van der Waals surface area contributed by atoms with E-state index in [-0.39, 0.29) is 40.9 Å². The Balaban J connectivity index is 2.57. The van der Waals surface area contributed by atoms with Crippen LogP contribution in [0.5, 0.6) is 11.5 Å². The lowest BCUT2D eigenvalue weighted by Gasteiger charge is -2.19. The van der Waals surface area contributed by atoms with Crippen molar-refractivity contribution in [1.29, 1.82) is 10.5 Å². The van der Waals surface area contributed by atoms with Crippen LogP contribution in [-0.2, 0) is 9.47 Å². The fraction of sp³-hybridized carbons (Fsp3) is 0.364. The van der Waals surface area contributed by atoms with Crippen LogP contribution in [0.25, 0.3) is 0 Å². The first kappa shape index (κ1) is 24.6. The predicted octanol–water partition coefficient (Wildman–Crippen LogP) is 4.65. The molecule has 0 aromatic heterocycles. The van der Waals surface area contributed by atoms with E-state index in [1.54, 1.807) is 6.07 Å². The Kier molecular flexibility index (Phi) is 10.3. The molecule has 0 aliphatic rings. The Morgan fingerprint density at radius 1 is 0.903 bits per heavy atom. The van der Waals surface area contributed by atoms with Gasteiger partial charge in [0.2, 0.25) is 0 Å². The molecule has 0 atom stereocenters. The number of rotatable bonds is 12. The van der Waals surface area contributed by atoms with E-state index in [4.69, 9.17) is 36.3 Å². The largest absolute Gasteiger partial charge is 0.488 e. The van der Waals surface area contributed by atoms with Crippen molar-refractivity contribution < 1.29 is 18.9 Å². The van der Waals surface area contributed by atoms with E-state index in [9.17, 15) is 10.5 Å². The van der Waals surface area contributed by atoms with E-state index in [2.05, 4.69) is 6.07 Å². The third-order valence-electron chi connectivity index (χ3n) is 4.02. The van der Waals surface area contributed by atoms with E-state index in [0.29, 0.717) is 37.0 Å². The number of benzene rings is 2. The second kappa shape index (κ2) is 12.9. The van der Waals surface area contributed by atoms with E-state index in [1.165, 1.54) is 11.8 Å². The normalized spacial score (nSPS) is 10.4. The van der Waals surface area contributed by atoms with Crippen LogP contribution >= 0.6 is 23.4 Å². The second-order valence-electron chi connectivity index (χ2n) is 6.01. The van der Waals surface area contributed by atoms with Gasteiger partial charge in [0.05, 0.1) is 18.1 Å². The first-order valence-corrected chi connectivity index (χ1v) is 10.9. The highest BCUT2D eigenvalue weighted by Crippen LogP contribution is 2.49. The average Bonchev–Trinajstić information content (AvgIpc) is 2.78. The molecular weight excluding hydrogens is 438 g/mol. The SMILES string of the molecule is CCOCCOc1c(Cl)c(Sc2ccccc2N)c(OCCOCC)c(C#N)c1C#N. The molecule has 31 heavy (non-hydrogen) atoms. The smallest absolute Gasteiger partial charge is 0.158 e. The van der Waals surface area contributed by atoms with Gasteiger partial charge in [0.25, 0.3) is 0 Å². The third kappa shape index (κ3) is 6.43. The number of nitrogen functional groups attached to an aromatic ring is 1. The Morgan fingerprint density at radius 2 is 1.45 bits per heavy atom. The zero-order valence-electron chi connectivity index (χ0n) is 17.4. The molecule has 0 radical (unpaired) electrons. The van der Waals surface area contributed by atoms with Gasteiger partial charge in [-0.1, -0.05) is 35.5 Å². The summed E-state index contributed by atoms with van der Waals surface area (Å²) in [5, 5.41) is 19.7. The lowest BCUT2D eigenvalue weighted by molar-refractivity contribution is 0.107. The Hall–Kier alpha value is -2.62. The maximum atomic E-state index is 9.83. The molecule has 2 aromatic carbocycles. The van der Waals surface area contributed by atoms with Gasteiger partial charge < -0.3 is 24.7 Å². The summed E-state index contributed by atoms with van der Waals surface area (Å²) < 4.78 is 22.2. The first-order valence-electron chi connectivity index (χ1n) is 9.71. The summed E-state index contributed by atoms with van der Waals surface area (Å²) in [6.45, 7) is 5.82. The third-order valence-corrected chi connectivity index (χ3v) is 5.68. The molecule has 164 valence electrons.